The molecule has 0 saturated carbocycles. The van der Waals surface area contributed by atoms with Gasteiger partial charge in [0.1, 0.15) is 11.6 Å². The van der Waals surface area contributed by atoms with Gasteiger partial charge in [0.15, 0.2) is 11.5 Å². The second kappa shape index (κ2) is 13.4. The predicted octanol–water partition coefficient (Wildman–Crippen LogP) is 3.07. The summed E-state index contributed by atoms with van der Waals surface area (Å²) in [5.41, 5.74) is 5.29. The van der Waals surface area contributed by atoms with Crippen LogP contribution in [0.5, 0.6) is 11.5 Å². The molecule has 1 aromatic carbocycles. The average molecular weight is 468 g/mol. The van der Waals surface area contributed by atoms with Crippen LogP contribution in [0.2, 0.25) is 0 Å². The third-order valence-corrected chi connectivity index (χ3v) is 4.78. The molecule has 0 heterocycles. The van der Waals surface area contributed by atoms with Crippen LogP contribution >= 0.6 is 0 Å². The number of hydrogen-bond acceptors (Lipinski definition) is 10. The molecule has 0 aliphatic rings. The van der Waals surface area contributed by atoms with Crippen molar-refractivity contribution in [3.63, 3.8) is 0 Å². The summed E-state index contributed by atoms with van der Waals surface area (Å²) in [5, 5.41) is 0. The Morgan fingerprint density at radius 1 is 1.00 bits per heavy atom. The predicted molar refractivity (Wildman–Crippen MR) is 118 cm³/mol. The highest BCUT2D eigenvalue weighted by Crippen LogP contribution is 2.31. The minimum atomic E-state index is -1.54. The van der Waals surface area contributed by atoms with Crippen LogP contribution in [0.4, 0.5) is 4.79 Å². The summed E-state index contributed by atoms with van der Waals surface area (Å²) in [6, 6.07) is 4.51. The van der Waals surface area contributed by atoms with Gasteiger partial charge in [0.25, 0.3) is 0 Å². The summed E-state index contributed by atoms with van der Waals surface area (Å²) in [6.45, 7) is 6.67. The van der Waals surface area contributed by atoms with E-state index in [9.17, 15) is 19.2 Å². The van der Waals surface area contributed by atoms with E-state index in [0.717, 1.165) is 0 Å². The Labute approximate surface area is 193 Å². The number of carbonyl (C=O) groups excluding carboxylic acids is 4. The number of ether oxygens (including phenoxy) is 5. The lowest BCUT2D eigenvalue weighted by molar-refractivity contribution is -0.148. The largest absolute Gasteiger partial charge is 0.508 e. The standard InChI is InChI=1S/C23H33NO9/c1-6-15(4)31-22(28)30-12-11-23(24,21(27)29-5)14-16-9-10-17(32-19(25)7-2)18(13-16)33-20(26)8-3/h9-10,13,15H,6-8,11-12,14,24H2,1-5H3/t15-,23+/m0/s1. The van der Waals surface area contributed by atoms with Gasteiger partial charge in [-0.05, 0) is 31.0 Å². The van der Waals surface area contributed by atoms with Crippen LogP contribution in [0, 0.1) is 0 Å². The first kappa shape index (κ1) is 27.9. The molecule has 0 unspecified atom stereocenters. The number of rotatable bonds is 12. The third-order valence-electron chi connectivity index (χ3n) is 4.78. The highest BCUT2D eigenvalue weighted by atomic mass is 16.7. The van der Waals surface area contributed by atoms with Gasteiger partial charge in [-0.3, -0.25) is 14.4 Å². The highest BCUT2D eigenvalue weighted by Gasteiger charge is 2.36. The van der Waals surface area contributed by atoms with Gasteiger partial charge in [0, 0.05) is 25.7 Å². The van der Waals surface area contributed by atoms with E-state index in [0.29, 0.717) is 12.0 Å². The van der Waals surface area contributed by atoms with Crippen LogP contribution < -0.4 is 15.2 Å². The Balaban J connectivity index is 3.05. The van der Waals surface area contributed by atoms with E-state index < -0.39 is 29.6 Å². The molecule has 33 heavy (non-hydrogen) atoms. The summed E-state index contributed by atoms with van der Waals surface area (Å²) in [7, 11) is 1.20. The molecule has 10 heteroatoms. The van der Waals surface area contributed by atoms with Crippen LogP contribution in [0.1, 0.15) is 58.9 Å². The number of esters is 3. The van der Waals surface area contributed by atoms with Gasteiger partial charge < -0.3 is 29.4 Å². The molecule has 1 rings (SSSR count). The van der Waals surface area contributed by atoms with E-state index in [-0.39, 0.29) is 49.9 Å². The normalized spacial score (nSPS) is 13.3. The molecule has 0 spiro atoms. The molecule has 184 valence electrons. The zero-order valence-electron chi connectivity index (χ0n) is 19.8. The molecule has 0 aromatic heterocycles. The molecule has 0 aliphatic carbocycles. The van der Waals surface area contributed by atoms with Gasteiger partial charge in [-0.2, -0.15) is 0 Å². The lowest BCUT2D eigenvalue weighted by Crippen LogP contribution is -2.51. The van der Waals surface area contributed by atoms with Crippen molar-refractivity contribution in [2.24, 2.45) is 5.73 Å². The van der Waals surface area contributed by atoms with Crippen molar-refractivity contribution in [2.75, 3.05) is 13.7 Å². The first-order valence-electron chi connectivity index (χ1n) is 10.8. The quantitative estimate of drug-likeness (QED) is 0.360. The molecule has 10 nitrogen and oxygen atoms in total. The lowest BCUT2D eigenvalue weighted by atomic mass is 9.88. The number of hydrogen-bond donors (Lipinski definition) is 1. The van der Waals surface area contributed by atoms with Crippen LogP contribution in [0.15, 0.2) is 18.2 Å². The molecular weight excluding hydrogens is 434 g/mol. The molecule has 0 bridgehead atoms. The van der Waals surface area contributed by atoms with E-state index in [4.69, 9.17) is 29.4 Å². The van der Waals surface area contributed by atoms with E-state index in [2.05, 4.69) is 0 Å². The van der Waals surface area contributed by atoms with Crippen molar-refractivity contribution < 1.29 is 42.9 Å². The molecule has 1 aromatic rings. The molecule has 2 atom stereocenters. The van der Waals surface area contributed by atoms with Gasteiger partial charge in [-0.1, -0.05) is 26.8 Å². The molecule has 0 aliphatic heterocycles. The number of carbonyl (C=O) groups is 4. The van der Waals surface area contributed by atoms with Crippen molar-refractivity contribution in [2.45, 2.75) is 71.4 Å². The second-order valence-corrected chi connectivity index (χ2v) is 7.45. The summed E-state index contributed by atoms with van der Waals surface area (Å²) in [5.74, 6) is -1.64. The number of benzene rings is 1. The second-order valence-electron chi connectivity index (χ2n) is 7.45. The Kier molecular flexibility index (Phi) is 11.3. The van der Waals surface area contributed by atoms with Crippen LogP contribution in [-0.4, -0.2) is 49.4 Å². The van der Waals surface area contributed by atoms with E-state index in [1.165, 1.54) is 19.2 Å². The maximum absolute atomic E-state index is 12.4. The Morgan fingerprint density at radius 3 is 2.15 bits per heavy atom. The molecule has 2 N–H and O–H groups in total. The van der Waals surface area contributed by atoms with Gasteiger partial charge in [-0.15, -0.1) is 0 Å². The highest BCUT2D eigenvalue weighted by molar-refractivity contribution is 5.81. The third kappa shape index (κ3) is 9.09. The lowest BCUT2D eigenvalue weighted by Gasteiger charge is -2.26. The summed E-state index contributed by atoms with van der Waals surface area (Å²) in [4.78, 5) is 47.7. The van der Waals surface area contributed by atoms with Gasteiger partial charge in [0.05, 0.1) is 13.7 Å². The molecule has 0 fully saturated rings. The van der Waals surface area contributed by atoms with Crippen LogP contribution in [0.3, 0.4) is 0 Å². The van der Waals surface area contributed by atoms with E-state index >= 15 is 0 Å². The van der Waals surface area contributed by atoms with Gasteiger partial charge in [-0.25, -0.2) is 4.79 Å². The molecule has 0 saturated heterocycles. The van der Waals surface area contributed by atoms with Crippen molar-refractivity contribution in [1.82, 2.24) is 0 Å². The van der Waals surface area contributed by atoms with Gasteiger partial charge >= 0.3 is 24.1 Å². The van der Waals surface area contributed by atoms with Gasteiger partial charge in [0.2, 0.25) is 0 Å². The van der Waals surface area contributed by atoms with Crippen LogP contribution in [0.25, 0.3) is 0 Å². The maximum Gasteiger partial charge on any atom is 0.508 e. The van der Waals surface area contributed by atoms with E-state index in [1.54, 1.807) is 26.8 Å². The molecule has 0 radical (unpaired) electrons. The fourth-order valence-corrected chi connectivity index (χ4v) is 2.64. The fraction of sp³-hybridized carbons (Fsp3) is 0.565. The Bertz CT molecular complexity index is 839. The summed E-state index contributed by atoms with van der Waals surface area (Å²) in [6.07, 6.45) is -0.354. The Hall–Kier alpha value is -3.14. The molecular formula is C23H33NO9. The van der Waals surface area contributed by atoms with Crippen molar-refractivity contribution in [1.29, 1.82) is 0 Å². The summed E-state index contributed by atoms with van der Waals surface area (Å²) >= 11 is 0. The van der Waals surface area contributed by atoms with Crippen molar-refractivity contribution >= 4 is 24.1 Å². The van der Waals surface area contributed by atoms with Crippen molar-refractivity contribution in [3.05, 3.63) is 23.8 Å². The number of methoxy groups -OCH3 is 1. The average Bonchev–Trinajstić information content (AvgIpc) is 2.79. The molecule has 0 amide bonds. The SMILES string of the molecule is CCC(=O)Oc1ccc(C[C@](N)(CCOC(=O)O[C@@H](C)CC)C(=O)OC)cc1OC(=O)CC. The topological polar surface area (TPSA) is 140 Å². The van der Waals surface area contributed by atoms with E-state index in [1.807, 2.05) is 6.92 Å². The van der Waals surface area contributed by atoms with Crippen LogP contribution in [-0.2, 0) is 35.0 Å². The fourth-order valence-electron chi connectivity index (χ4n) is 2.64. The first-order valence-corrected chi connectivity index (χ1v) is 10.8. The first-order chi connectivity index (χ1) is 15.6. The Morgan fingerprint density at radius 2 is 1.61 bits per heavy atom. The monoisotopic (exact) mass is 467 g/mol. The zero-order valence-corrected chi connectivity index (χ0v) is 19.8. The zero-order chi connectivity index (χ0) is 25.0. The number of nitrogens with two attached hydrogens (primary N) is 1. The smallest absolute Gasteiger partial charge is 0.468 e. The summed E-state index contributed by atoms with van der Waals surface area (Å²) < 4.78 is 25.4. The maximum atomic E-state index is 12.4. The minimum Gasteiger partial charge on any atom is -0.468 e. The minimum absolute atomic E-state index is 0.0257. The van der Waals surface area contributed by atoms with Crippen molar-refractivity contribution in [3.8, 4) is 11.5 Å².